The Morgan fingerprint density at radius 2 is 1.92 bits per heavy atom. The maximum atomic E-state index is 13.6. The summed E-state index contributed by atoms with van der Waals surface area (Å²) in [6.07, 6.45) is 2.54. The van der Waals surface area contributed by atoms with Gasteiger partial charge in [0.25, 0.3) is 0 Å². The van der Waals surface area contributed by atoms with Crippen LogP contribution in [0.2, 0.25) is 0 Å². The first-order valence-corrected chi connectivity index (χ1v) is 12.6. The number of carboxylic acids is 1. The zero-order valence-corrected chi connectivity index (χ0v) is 21.3. The summed E-state index contributed by atoms with van der Waals surface area (Å²) >= 11 is 0. The number of carboxylic acid groups (broad SMARTS) is 1. The molecule has 0 bridgehead atoms. The second-order valence-corrected chi connectivity index (χ2v) is 9.72. The molecule has 1 amide bonds. The molecule has 13 heteroatoms. The number of halogens is 1. The van der Waals surface area contributed by atoms with Crippen molar-refractivity contribution < 1.29 is 33.3 Å². The van der Waals surface area contributed by atoms with Crippen LogP contribution in [0.5, 0.6) is 0 Å². The number of aromatic amines is 1. The van der Waals surface area contributed by atoms with Crippen molar-refractivity contribution in [1.29, 1.82) is 0 Å². The molecule has 0 saturated carbocycles. The third-order valence-electron chi connectivity index (χ3n) is 6.54. The molecule has 2 aromatic heterocycles. The van der Waals surface area contributed by atoms with E-state index in [4.69, 9.17) is 19.3 Å². The minimum absolute atomic E-state index is 0.0313. The predicted molar refractivity (Wildman–Crippen MR) is 136 cm³/mol. The number of benzene rings is 1. The molecule has 4 N–H and O–H groups in total. The van der Waals surface area contributed by atoms with Crippen LogP contribution in [0.1, 0.15) is 31.9 Å². The van der Waals surface area contributed by atoms with Gasteiger partial charge in [0.2, 0.25) is 18.1 Å². The molecule has 0 radical (unpaired) electrons. The monoisotopic (exact) mass is 540 g/mol. The number of aliphatic carboxylic acids is 1. The summed E-state index contributed by atoms with van der Waals surface area (Å²) in [7, 11) is 0. The standard InChI is InChI=1S/C26H29FN6O6/c1-26(24(36)29-11-17-3-2-10-37-17)13-38-23(39-14-26)22-32-20(15-4-6-16(27)7-5-15)21(33-22)18-8-9-28-25(31-18)30-12-19(34)35/h4-9,17,23H,2-3,10-14H2,1H3,(H,29,36)(H,32,33)(H,34,35)(H,28,30,31). The Balaban J connectivity index is 1.35. The maximum absolute atomic E-state index is 13.6. The van der Waals surface area contributed by atoms with Crippen LogP contribution < -0.4 is 10.6 Å². The minimum Gasteiger partial charge on any atom is -0.480 e. The number of aromatic nitrogens is 4. The lowest BCUT2D eigenvalue weighted by Gasteiger charge is -2.35. The van der Waals surface area contributed by atoms with Gasteiger partial charge in [-0.3, -0.25) is 9.59 Å². The van der Waals surface area contributed by atoms with Crippen molar-refractivity contribution in [1.82, 2.24) is 25.3 Å². The number of hydrogen-bond acceptors (Lipinski definition) is 9. The number of imidazole rings is 1. The second kappa shape index (κ2) is 11.4. The number of H-pyrrole nitrogens is 1. The van der Waals surface area contributed by atoms with Crippen LogP contribution >= 0.6 is 0 Å². The Hall–Kier alpha value is -3.94. The number of anilines is 1. The summed E-state index contributed by atoms with van der Waals surface area (Å²) in [4.78, 5) is 40.1. The van der Waals surface area contributed by atoms with E-state index in [9.17, 15) is 14.0 Å². The topological polar surface area (TPSA) is 161 Å². The lowest BCUT2D eigenvalue weighted by atomic mass is 9.91. The van der Waals surface area contributed by atoms with Crippen molar-refractivity contribution in [3.8, 4) is 22.6 Å². The highest BCUT2D eigenvalue weighted by atomic mass is 19.1. The van der Waals surface area contributed by atoms with Gasteiger partial charge in [-0.25, -0.2) is 19.3 Å². The van der Waals surface area contributed by atoms with Gasteiger partial charge in [-0.05, 0) is 50.1 Å². The van der Waals surface area contributed by atoms with Crippen molar-refractivity contribution in [2.45, 2.75) is 32.2 Å². The van der Waals surface area contributed by atoms with Gasteiger partial charge in [0.1, 0.15) is 12.4 Å². The van der Waals surface area contributed by atoms with Crippen molar-refractivity contribution in [3.05, 3.63) is 48.2 Å². The number of hydrogen-bond donors (Lipinski definition) is 4. The highest BCUT2D eigenvalue weighted by molar-refractivity contribution is 5.82. The van der Waals surface area contributed by atoms with Gasteiger partial charge in [-0.1, -0.05) is 0 Å². The van der Waals surface area contributed by atoms with E-state index in [1.807, 2.05) is 0 Å². The molecule has 1 atom stereocenters. The molecule has 0 aliphatic carbocycles. The molecule has 2 aliphatic rings. The van der Waals surface area contributed by atoms with E-state index < -0.39 is 23.5 Å². The van der Waals surface area contributed by atoms with E-state index in [1.165, 1.54) is 18.3 Å². The van der Waals surface area contributed by atoms with Crippen LogP contribution in [0.25, 0.3) is 22.6 Å². The number of carbonyl (C=O) groups is 2. The number of nitrogens with zero attached hydrogens (tertiary/aromatic N) is 3. The van der Waals surface area contributed by atoms with Crippen LogP contribution in [0.3, 0.4) is 0 Å². The summed E-state index contributed by atoms with van der Waals surface area (Å²) in [5.41, 5.74) is 1.09. The number of amides is 1. The van der Waals surface area contributed by atoms with E-state index in [1.54, 1.807) is 25.1 Å². The van der Waals surface area contributed by atoms with E-state index in [2.05, 4.69) is 30.6 Å². The van der Waals surface area contributed by atoms with Crippen molar-refractivity contribution >= 4 is 17.8 Å². The lowest BCUT2D eigenvalue weighted by Crippen LogP contribution is -2.49. The van der Waals surface area contributed by atoms with Gasteiger partial charge in [-0.15, -0.1) is 0 Å². The predicted octanol–water partition coefficient (Wildman–Crippen LogP) is 2.52. The van der Waals surface area contributed by atoms with Crippen molar-refractivity contribution in [3.63, 3.8) is 0 Å². The first-order chi connectivity index (χ1) is 18.8. The van der Waals surface area contributed by atoms with Gasteiger partial charge in [0, 0.05) is 24.9 Å². The summed E-state index contributed by atoms with van der Waals surface area (Å²) in [5, 5.41) is 14.5. The van der Waals surface area contributed by atoms with Crippen LogP contribution in [-0.2, 0) is 23.8 Å². The Morgan fingerprint density at radius 3 is 2.62 bits per heavy atom. The Bertz CT molecular complexity index is 1320. The Labute approximate surface area is 223 Å². The van der Waals surface area contributed by atoms with Crippen molar-refractivity contribution in [2.24, 2.45) is 5.41 Å². The number of nitrogens with one attached hydrogen (secondary N) is 3. The van der Waals surface area contributed by atoms with Gasteiger partial charge < -0.3 is 34.9 Å². The third kappa shape index (κ3) is 6.21. The second-order valence-electron chi connectivity index (χ2n) is 9.72. The molecule has 1 aromatic carbocycles. The van der Waals surface area contributed by atoms with Gasteiger partial charge in [-0.2, -0.15) is 0 Å². The molecule has 0 spiro atoms. The summed E-state index contributed by atoms with van der Waals surface area (Å²) in [6, 6.07) is 7.45. The number of ether oxygens (including phenoxy) is 3. The number of carbonyl (C=O) groups excluding carboxylic acids is 1. The quantitative estimate of drug-likeness (QED) is 0.317. The Morgan fingerprint density at radius 1 is 1.15 bits per heavy atom. The highest BCUT2D eigenvalue weighted by Crippen LogP contribution is 2.35. The van der Waals surface area contributed by atoms with E-state index in [0.29, 0.717) is 41.6 Å². The molecule has 4 heterocycles. The average Bonchev–Trinajstić information content (AvgIpc) is 3.62. The van der Waals surface area contributed by atoms with Crippen LogP contribution in [-0.4, -0.2) is 75.9 Å². The first kappa shape index (κ1) is 26.7. The fourth-order valence-corrected chi connectivity index (χ4v) is 4.37. The molecule has 2 fully saturated rings. The molecular weight excluding hydrogens is 511 g/mol. The molecule has 2 saturated heterocycles. The fraction of sp³-hybridized carbons (Fsp3) is 0.423. The highest BCUT2D eigenvalue weighted by Gasteiger charge is 2.41. The molecule has 3 aromatic rings. The van der Waals surface area contributed by atoms with Crippen LogP contribution in [0, 0.1) is 11.2 Å². The molecule has 2 aliphatic heterocycles. The summed E-state index contributed by atoms with van der Waals surface area (Å²) < 4.78 is 31.1. The largest absolute Gasteiger partial charge is 0.480 e. The molecule has 12 nitrogen and oxygen atoms in total. The van der Waals surface area contributed by atoms with Gasteiger partial charge in [0.05, 0.1) is 41.8 Å². The fourth-order valence-electron chi connectivity index (χ4n) is 4.37. The number of rotatable bonds is 9. The zero-order chi connectivity index (χ0) is 27.4. The zero-order valence-electron chi connectivity index (χ0n) is 21.3. The van der Waals surface area contributed by atoms with Crippen LogP contribution in [0.15, 0.2) is 36.5 Å². The molecule has 206 valence electrons. The van der Waals surface area contributed by atoms with Gasteiger partial charge in [0.15, 0.2) is 5.82 Å². The van der Waals surface area contributed by atoms with Crippen molar-refractivity contribution in [2.75, 3.05) is 38.2 Å². The summed E-state index contributed by atoms with van der Waals surface area (Å²) in [5.74, 6) is -1.17. The first-order valence-electron chi connectivity index (χ1n) is 12.6. The maximum Gasteiger partial charge on any atom is 0.322 e. The minimum atomic E-state index is -1.06. The molecule has 39 heavy (non-hydrogen) atoms. The van der Waals surface area contributed by atoms with Crippen LogP contribution in [0.4, 0.5) is 10.3 Å². The third-order valence-corrected chi connectivity index (χ3v) is 6.54. The van der Waals surface area contributed by atoms with E-state index in [-0.39, 0.29) is 37.7 Å². The molecule has 1 unspecified atom stereocenters. The molecular formula is C26H29FN6O6. The van der Waals surface area contributed by atoms with E-state index in [0.717, 1.165) is 12.8 Å². The average molecular weight is 541 g/mol. The lowest BCUT2D eigenvalue weighted by molar-refractivity contribution is -0.231. The smallest absolute Gasteiger partial charge is 0.322 e. The van der Waals surface area contributed by atoms with Gasteiger partial charge >= 0.3 is 5.97 Å². The molecule has 5 rings (SSSR count). The van der Waals surface area contributed by atoms with E-state index >= 15 is 0 Å². The normalized spacial score (nSPS) is 22.9. The summed E-state index contributed by atoms with van der Waals surface area (Å²) in [6.45, 7) is 2.79. The SMILES string of the molecule is CC1(C(=O)NCC2CCCO2)COC(c2nc(-c3ccc(F)cc3)c(-c3ccnc(NCC(=O)O)n3)[nH]2)OC1. The Kier molecular flexibility index (Phi) is 7.82.